The smallest absolute Gasteiger partial charge is 0.276 e. The summed E-state index contributed by atoms with van der Waals surface area (Å²) >= 11 is 0. The number of ether oxygens (including phenoxy) is 1. The van der Waals surface area contributed by atoms with Gasteiger partial charge in [0.05, 0.1) is 0 Å². The van der Waals surface area contributed by atoms with Gasteiger partial charge in [-0.1, -0.05) is 47.1 Å². The van der Waals surface area contributed by atoms with Crippen molar-refractivity contribution in [3.05, 3.63) is 64.7 Å². The maximum absolute atomic E-state index is 12.4. The van der Waals surface area contributed by atoms with Crippen LogP contribution in [0.2, 0.25) is 0 Å². The van der Waals surface area contributed by atoms with E-state index in [1.807, 2.05) is 50.2 Å². The molecule has 0 spiro atoms. The lowest BCUT2D eigenvalue weighted by Gasteiger charge is -2.16. The third-order valence-electron chi connectivity index (χ3n) is 3.78. The molecule has 25 heavy (non-hydrogen) atoms. The highest BCUT2D eigenvalue weighted by Crippen LogP contribution is 2.21. The summed E-state index contributed by atoms with van der Waals surface area (Å²) in [5, 5.41) is 3.93. The van der Waals surface area contributed by atoms with Crippen molar-refractivity contribution < 1.29 is 14.4 Å². The van der Waals surface area contributed by atoms with E-state index < -0.39 is 0 Å². The molecule has 0 aliphatic carbocycles. The summed E-state index contributed by atoms with van der Waals surface area (Å²) in [6.07, 6.45) is 0. The summed E-state index contributed by atoms with van der Waals surface area (Å²) in [7, 11) is 4.79. The predicted molar refractivity (Wildman–Crippen MR) is 98.9 cm³/mol. The molecule has 2 aromatic rings. The predicted octanol–water partition coefficient (Wildman–Crippen LogP) is 3.32. The molecule has 0 unspecified atom stereocenters. The molecule has 0 saturated heterocycles. The van der Waals surface area contributed by atoms with Crippen molar-refractivity contribution in [3.63, 3.8) is 0 Å². The van der Waals surface area contributed by atoms with Crippen LogP contribution < -0.4 is 4.74 Å². The largest absolute Gasteiger partial charge is 0.489 e. The molecule has 0 atom stereocenters. The van der Waals surface area contributed by atoms with Crippen LogP contribution in [0.25, 0.3) is 0 Å². The minimum atomic E-state index is -0.221. The van der Waals surface area contributed by atoms with E-state index in [9.17, 15) is 4.79 Å². The van der Waals surface area contributed by atoms with E-state index in [4.69, 9.17) is 9.57 Å². The molecule has 132 valence electrons. The van der Waals surface area contributed by atoms with Gasteiger partial charge in [0.15, 0.2) is 5.71 Å². The van der Waals surface area contributed by atoms with Crippen LogP contribution in [0.1, 0.15) is 22.3 Å². The van der Waals surface area contributed by atoms with Gasteiger partial charge in [-0.15, -0.1) is 0 Å². The monoisotopic (exact) mass is 340 g/mol. The first-order valence-electron chi connectivity index (χ1n) is 8.05. The lowest BCUT2D eigenvalue weighted by Crippen LogP contribution is -2.31. The molecule has 2 rings (SSSR count). The summed E-state index contributed by atoms with van der Waals surface area (Å²) < 4.78 is 5.97. The van der Waals surface area contributed by atoms with Crippen LogP contribution in [-0.4, -0.2) is 37.7 Å². The third kappa shape index (κ3) is 4.59. The van der Waals surface area contributed by atoms with Crippen LogP contribution in [0, 0.1) is 13.8 Å². The first-order chi connectivity index (χ1) is 11.9. The first kappa shape index (κ1) is 18.5. The van der Waals surface area contributed by atoms with Gasteiger partial charge < -0.3 is 14.5 Å². The Bertz CT molecular complexity index is 782. The van der Waals surface area contributed by atoms with Crippen molar-refractivity contribution in [2.24, 2.45) is 5.16 Å². The minimum Gasteiger partial charge on any atom is -0.489 e. The number of hydrogen-bond acceptors (Lipinski definition) is 4. The van der Waals surface area contributed by atoms with Crippen molar-refractivity contribution >= 4 is 11.6 Å². The van der Waals surface area contributed by atoms with E-state index in [-0.39, 0.29) is 11.6 Å². The molecule has 1 amide bonds. The highest BCUT2D eigenvalue weighted by molar-refractivity contribution is 6.45. The quantitative estimate of drug-likeness (QED) is 0.599. The fourth-order valence-electron chi connectivity index (χ4n) is 2.50. The number of benzene rings is 2. The fraction of sp³-hybridized carbons (Fsp3) is 0.300. The second-order valence-electron chi connectivity index (χ2n) is 6.04. The summed E-state index contributed by atoms with van der Waals surface area (Å²) in [6, 6.07) is 13.6. The Morgan fingerprint density at radius 2 is 1.84 bits per heavy atom. The van der Waals surface area contributed by atoms with Crippen LogP contribution in [-0.2, 0) is 16.2 Å². The second-order valence-corrected chi connectivity index (χ2v) is 6.04. The van der Waals surface area contributed by atoms with E-state index in [0.29, 0.717) is 12.2 Å². The molecule has 5 nitrogen and oxygen atoms in total. The molecule has 0 fully saturated rings. The lowest BCUT2D eigenvalue weighted by molar-refractivity contribution is -0.121. The summed E-state index contributed by atoms with van der Waals surface area (Å²) in [5.41, 5.74) is 4.09. The molecule has 0 radical (unpaired) electrons. The Kier molecular flexibility index (Phi) is 6.17. The number of likely N-dealkylation sites (N-methyl/N-ethyl adjacent to an activating group) is 1. The zero-order valence-corrected chi connectivity index (χ0v) is 15.4. The van der Waals surface area contributed by atoms with Crippen LogP contribution >= 0.6 is 0 Å². The molecular weight excluding hydrogens is 316 g/mol. The molecule has 2 aromatic carbocycles. The molecule has 0 N–H and O–H groups in total. The Labute approximate surface area is 148 Å². The SMILES string of the molecule is CO/N=C(/C(=O)N(C)C)c1ccccc1COc1ccc(C)cc1C. The minimum absolute atomic E-state index is 0.221. The van der Waals surface area contributed by atoms with Crippen LogP contribution in [0.15, 0.2) is 47.6 Å². The summed E-state index contributed by atoms with van der Waals surface area (Å²) in [5.74, 6) is 0.602. The van der Waals surface area contributed by atoms with Crippen LogP contribution in [0.5, 0.6) is 5.75 Å². The number of rotatable bonds is 6. The highest BCUT2D eigenvalue weighted by Gasteiger charge is 2.20. The third-order valence-corrected chi connectivity index (χ3v) is 3.78. The lowest BCUT2D eigenvalue weighted by atomic mass is 10.0. The van der Waals surface area contributed by atoms with Crippen molar-refractivity contribution in [1.82, 2.24) is 4.90 Å². The molecule has 0 bridgehead atoms. The maximum atomic E-state index is 12.4. The Hall–Kier alpha value is -2.82. The number of carbonyl (C=O) groups excluding carboxylic acids is 1. The Balaban J connectivity index is 2.30. The van der Waals surface area contributed by atoms with Gasteiger partial charge in [-0.25, -0.2) is 0 Å². The average molecular weight is 340 g/mol. The van der Waals surface area contributed by atoms with E-state index in [1.165, 1.54) is 17.6 Å². The molecular formula is C20H24N2O3. The van der Waals surface area contributed by atoms with E-state index in [2.05, 4.69) is 11.2 Å². The highest BCUT2D eigenvalue weighted by atomic mass is 16.6. The number of aryl methyl sites for hydroxylation is 2. The van der Waals surface area contributed by atoms with Gasteiger partial charge in [0.1, 0.15) is 19.5 Å². The van der Waals surface area contributed by atoms with E-state index in [1.54, 1.807) is 14.1 Å². The molecule has 0 aliphatic heterocycles. The number of amides is 1. The van der Waals surface area contributed by atoms with Crippen molar-refractivity contribution in [1.29, 1.82) is 0 Å². The van der Waals surface area contributed by atoms with Gasteiger partial charge in [-0.3, -0.25) is 4.79 Å². The summed E-state index contributed by atoms with van der Waals surface area (Å²) in [4.78, 5) is 18.8. The topological polar surface area (TPSA) is 51.1 Å². The number of nitrogens with zero attached hydrogens (tertiary/aromatic N) is 2. The number of hydrogen-bond donors (Lipinski definition) is 0. The van der Waals surface area contributed by atoms with E-state index >= 15 is 0 Å². The Morgan fingerprint density at radius 3 is 2.48 bits per heavy atom. The molecule has 0 aromatic heterocycles. The van der Waals surface area contributed by atoms with Crippen LogP contribution in [0.3, 0.4) is 0 Å². The number of carbonyl (C=O) groups is 1. The van der Waals surface area contributed by atoms with Gasteiger partial charge in [-0.05, 0) is 31.0 Å². The van der Waals surface area contributed by atoms with Gasteiger partial charge >= 0.3 is 0 Å². The molecule has 0 saturated carbocycles. The average Bonchev–Trinajstić information content (AvgIpc) is 2.58. The van der Waals surface area contributed by atoms with Gasteiger partial charge in [0.2, 0.25) is 0 Å². The standard InChI is InChI=1S/C20H24N2O3/c1-14-10-11-18(15(2)12-14)25-13-16-8-6-7-9-17(16)19(21-24-5)20(23)22(3)4/h6-12H,13H2,1-5H3/b21-19+. The van der Waals surface area contributed by atoms with Crippen LogP contribution in [0.4, 0.5) is 0 Å². The van der Waals surface area contributed by atoms with Crippen molar-refractivity contribution in [2.75, 3.05) is 21.2 Å². The fourth-order valence-corrected chi connectivity index (χ4v) is 2.50. The first-order valence-corrected chi connectivity index (χ1v) is 8.05. The van der Waals surface area contributed by atoms with Crippen molar-refractivity contribution in [2.45, 2.75) is 20.5 Å². The van der Waals surface area contributed by atoms with Gasteiger partial charge in [-0.2, -0.15) is 0 Å². The zero-order valence-electron chi connectivity index (χ0n) is 15.4. The van der Waals surface area contributed by atoms with Gasteiger partial charge in [0, 0.05) is 19.7 Å². The van der Waals surface area contributed by atoms with E-state index in [0.717, 1.165) is 16.9 Å². The zero-order chi connectivity index (χ0) is 18.4. The second kappa shape index (κ2) is 8.33. The summed E-state index contributed by atoms with van der Waals surface area (Å²) in [6.45, 7) is 4.40. The molecule has 0 heterocycles. The van der Waals surface area contributed by atoms with Crippen molar-refractivity contribution in [3.8, 4) is 5.75 Å². The Morgan fingerprint density at radius 1 is 1.12 bits per heavy atom. The molecule has 5 heteroatoms. The molecule has 0 aliphatic rings. The normalized spacial score (nSPS) is 11.2. The maximum Gasteiger partial charge on any atom is 0.276 e. The number of oxime groups is 1. The van der Waals surface area contributed by atoms with Gasteiger partial charge in [0.25, 0.3) is 5.91 Å².